The van der Waals surface area contributed by atoms with Gasteiger partial charge in [0.15, 0.2) is 11.4 Å². The minimum atomic E-state index is -0.393. The Morgan fingerprint density at radius 2 is 2.14 bits per heavy atom. The van der Waals surface area contributed by atoms with Crippen LogP contribution in [-0.4, -0.2) is 6.54 Å². The average Bonchev–Trinajstić information content (AvgIpc) is 2.75. The lowest BCUT2D eigenvalue weighted by Gasteiger charge is -2.07. The van der Waals surface area contributed by atoms with Crippen LogP contribution in [0.2, 0.25) is 5.02 Å². The molecule has 2 rings (SSSR count). The quantitative estimate of drug-likeness (QED) is 0.518. The smallest absolute Gasteiger partial charge is 0.153 e. The van der Waals surface area contributed by atoms with E-state index in [1.165, 1.54) is 0 Å². The van der Waals surface area contributed by atoms with Gasteiger partial charge in [-0.25, -0.2) is 4.39 Å². The summed E-state index contributed by atoms with van der Waals surface area (Å²) in [5.74, 6) is 0.818. The molecule has 0 unspecified atom stereocenters. The van der Waals surface area contributed by atoms with E-state index in [2.05, 4.69) is 42.0 Å². The highest BCUT2D eigenvalue weighted by molar-refractivity contribution is 9.10. The first-order chi connectivity index (χ1) is 9.95. The molecule has 0 saturated carbocycles. The molecule has 1 heterocycles. The Labute approximate surface area is 138 Å². The summed E-state index contributed by atoms with van der Waals surface area (Å²) < 4.78 is 21.1. The van der Waals surface area contributed by atoms with Crippen molar-refractivity contribution in [2.75, 3.05) is 6.54 Å². The second-order valence-corrected chi connectivity index (χ2v) is 6.90. The van der Waals surface area contributed by atoms with Crippen LogP contribution in [0, 0.1) is 11.7 Å². The van der Waals surface area contributed by atoms with Crippen LogP contribution in [0.25, 0.3) is 11.0 Å². The molecule has 0 aliphatic carbocycles. The van der Waals surface area contributed by atoms with Crippen LogP contribution in [0.5, 0.6) is 0 Å². The van der Waals surface area contributed by atoms with Crippen molar-refractivity contribution in [2.45, 2.75) is 40.2 Å². The molecule has 21 heavy (non-hydrogen) atoms. The standard InChI is InChI=1S/C16H20BrClFNO/c1-4-5-20-8-13-10(6-9(2)3)14-15(19)12(18)7-11(17)16(14)21-13/h7,9,20H,4-6,8H2,1-3H3. The van der Waals surface area contributed by atoms with Crippen molar-refractivity contribution in [1.82, 2.24) is 5.32 Å². The highest BCUT2D eigenvalue weighted by atomic mass is 79.9. The van der Waals surface area contributed by atoms with Crippen molar-refractivity contribution in [3.63, 3.8) is 0 Å². The topological polar surface area (TPSA) is 25.2 Å². The van der Waals surface area contributed by atoms with Gasteiger partial charge in [0.05, 0.1) is 21.4 Å². The summed E-state index contributed by atoms with van der Waals surface area (Å²) in [6.07, 6.45) is 1.81. The maximum absolute atomic E-state index is 14.5. The number of benzene rings is 1. The van der Waals surface area contributed by atoms with Crippen LogP contribution in [0.15, 0.2) is 15.0 Å². The van der Waals surface area contributed by atoms with Gasteiger partial charge in [0.2, 0.25) is 0 Å². The van der Waals surface area contributed by atoms with E-state index in [-0.39, 0.29) is 5.02 Å². The zero-order chi connectivity index (χ0) is 15.6. The minimum absolute atomic E-state index is 0.119. The highest BCUT2D eigenvalue weighted by Crippen LogP contribution is 2.38. The Morgan fingerprint density at radius 3 is 2.76 bits per heavy atom. The maximum atomic E-state index is 14.5. The molecule has 2 nitrogen and oxygen atoms in total. The molecule has 0 bridgehead atoms. The van der Waals surface area contributed by atoms with Crippen LogP contribution < -0.4 is 5.32 Å². The van der Waals surface area contributed by atoms with E-state index >= 15 is 0 Å². The first kappa shape index (κ1) is 16.8. The van der Waals surface area contributed by atoms with Crippen LogP contribution in [0.1, 0.15) is 38.5 Å². The molecule has 1 aromatic carbocycles. The fraction of sp³-hybridized carbons (Fsp3) is 0.500. The third-order valence-electron chi connectivity index (χ3n) is 3.31. The molecule has 116 valence electrons. The molecule has 0 radical (unpaired) electrons. The number of furan rings is 1. The van der Waals surface area contributed by atoms with Gasteiger partial charge in [-0.1, -0.05) is 32.4 Å². The lowest BCUT2D eigenvalue weighted by molar-refractivity contribution is 0.500. The molecule has 0 spiro atoms. The zero-order valence-electron chi connectivity index (χ0n) is 12.5. The van der Waals surface area contributed by atoms with Gasteiger partial charge < -0.3 is 9.73 Å². The van der Waals surface area contributed by atoms with Crippen LogP contribution >= 0.6 is 27.5 Å². The summed E-state index contributed by atoms with van der Waals surface area (Å²) >= 11 is 9.39. The van der Waals surface area contributed by atoms with Crippen LogP contribution in [0.3, 0.4) is 0 Å². The molecule has 0 fully saturated rings. The van der Waals surface area contributed by atoms with E-state index in [4.69, 9.17) is 16.0 Å². The predicted octanol–water partition coefficient (Wildman–Crippen LogP) is 5.69. The number of hydrogen-bond acceptors (Lipinski definition) is 2. The Balaban J connectivity index is 2.56. The van der Waals surface area contributed by atoms with Crippen LogP contribution in [0.4, 0.5) is 4.39 Å². The van der Waals surface area contributed by atoms with E-state index in [0.717, 1.165) is 30.7 Å². The Bertz CT molecular complexity index is 639. The van der Waals surface area contributed by atoms with Crippen molar-refractivity contribution in [3.05, 3.63) is 32.7 Å². The molecule has 1 N–H and O–H groups in total. The normalized spacial score (nSPS) is 11.8. The van der Waals surface area contributed by atoms with Gasteiger partial charge in [-0.2, -0.15) is 0 Å². The van der Waals surface area contributed by atoms with E-state index in [9.17, 15) is 4.39 Å². The molecule has 1 aromatic heterocycles. The van der Waals surface area contributed by atoms with Gasteiger partial charge >= 0.3 is 0 Å². The van der Waals surface area contributed by atoms with Crippen molar-refractivity contribution in [1.29, 1.82) is 0 Å². The van der Waals surface area contributed by atoms with Crippen molar-refractivity contribution in [3.8, 4) is 0 Å². The molecule has 0 saturated heterocycles. The molecular formula is C16H20BrClFNO. The van der Waals surface area contributed by atoms with Gasteiger partial charge in [0.1, 0.15) is 5.76 Å². The van der Waals surface area contributed by atoms with Crippen LogP contribution in [-0.2, 0) is 13.0 Å². The summed E-state index contributed by atoms with van der Waals surface area (Å²) in [4.78, 5) is 0. The van der Waals surface area contributed by atoms with Crippen molar-refractivity contribution >= 4 is 38.5 Å². The minimum Gasteiger partial charge on any atom is -0.458 e. The van der Waals surface area contributed by atoms with E-state index < -0.39 is 5.82 Å². The fourth-order valence-electron chi connectivity index (χ4n) is 2.42. The number of nitrogens with one attached hydrogen (secondary N) is 1. The summed E-state index contributed by atoms with van der Waals surface area (Å²) in [7, 11) is 0. The van der Waals surface area contributed by atoms with Gasteiger partial charge in [0, 0.05) is 5.56 Å². The molecule has 0 aliphatic heterocycles. The first-order valence-electron chi connectivity index (χ1n) is 7.24. The van der Waals surface area contributed by atoms with E-state index in [1.54, 1.807) is 6.07 Å². The number of hydrogen-bond donors (Lipinski definition) is 1. The van der Waals surface area contributed by atoms with E-state index in [1.807, 2.05) is 0 Å². The number of fused-ring (bicyclic) bond motifs is 1. The lowest BCUT2D eigenvalue weighted by atomic mass is 9.99. The molecular weight excluding hydrogens is 357 g/mol. The van der Waals surface area contributed by atoms with Crippen molar-refractivity contribution in [2.24, 2.45) is 5.92 Å². The molecule has 2 aromatic rings. The number of halogens is 3. The molecule has 0 atom stereocenters. The maximum Gasteiger partial charge on any atom is 0.153 e. The third-order valence-corrected chi connectivity index (χ3v) is 4.18. The SMILES string of the molecule is CCCNCc1oc2c(Br)cc(Cl)c(F)c2c1CC(C)C. The Hall–Kier alpha value is -0.580. The zero-order valence-corrected chi connectivity index (χ0v) is 14.9. The van der Waals surface area contributed by atoms with E-state index in [0.29, 0.717) is 27.9 Å². The van der Waals surface area contributed by atoms with Gasteiger partial charge in [0.25, 0.3) is 0 Å². The van der Waals surface area contributed by atoms with Gasteiger partial charge in [-0.15, -0.1) is 0 Å². The summed E-state index contributed by atoms with van der Waals surface area (Å²) in [6.45, 7) is 7.84. The monoisotopic (exact) mass is 375 g/mol. The molecule has 0 amide bonds. The average molecular weight is 377 g/mol. The fourth-order valence-corrected chi connectivity index (χ4v) is 3.26. The van der Waals surface area contributed by atoms with Crippen molar-refractivity contribution < 1.29 is 8.81 Å². The second kappa shape index (κ2) is 7.12. The summed E-state index contributed by atoms with van der Waals surface area (Å²) in [5.41, 5.74) is 1.46. The largest absolute Gasteiger partial charge is 0.458 e. The lowest BCUT2D eigenvalue weighted by Crippen LogP contribution is -2.14. The first-order valence-corrected chi connectivity index (χ1v) is 8.41. The Kier molecular flexibility index (Phi) is 5.69. The third kappa shape index (κ3) is 3.61. The molecule has 5 heteroatoms. The highest BCUT2D eigenvalue weighted by Gasteiger charge is 2.22. The Morgan fingerprint density at radius 1 is 1.43 bits per heavy atom. The van der Waals surface area contributed by atoms with Gasteiger partial charge in [-0.3, -0.25) is 0 Å². The second-order valence-electron chi connectivity index (χ2n) is 5.64. The van der Waals surface area contributed by atoms with Gasteiger partial charge in [-0.05, 0) is 47.3 Å². The summed E-state index contributed by atoms with van der Waals surface area (Å²) in [6, 6.07) is 1.55. The predicted molar refractivity (Wildman–Crippen MR) is 89.4 cm³/mol. The summed E-state index contributed by atoms with van der Waals surface area (Å²) in [5, 5.41) is 3.94. The molecule has 0 aliphatic rings. The number of rotatable bonds is 6.